The number of nitro groups is 2. The average Bonchev–Trinajstić information content (AvgIpc) is 2.69. The Bertz CT molecular complexity index is 1060. The summed E-state index contributed by atoms with van der Waals surface area (Å²) in [6.45, 7) is 5.71. The molecule has 2 amide bonds. The van der Waals surface area contributed by atoms with E-state index in [0.717, 1.165) is 23.8 Å². The molecule has 11 heteroatoms. The van der Waals surface area contributed by atoms with Gasteiger partial charge in [0.25, 0.3) is 23.2 Å². The van der Waals surface area contributed by atoms with Crippen molar-refractivity contribution in [1.29, 1.82) is 0 Å². The number of hydrogen-bond donors (Lipinski definition) is 1. The average molecular weight is 412 g/mol. The van der Waals surface area contributed by atoms with Gasteiger partial charge in [-0.05, 0) is 25.1 Å². The summed E-state index contributed by atoms with van der Waals surface area (Å²) in [5.41, 5.74) is 0.0436. The summed E-state index contributed by atoms with van der Waals surface area (Å²) in [6.07, 6.45) is 0. The van der Waals surface area contributed by atoms with Gasteiger partial charge in [0.1, 0.15) is 5.75 Å². The summed E-state index contributed by atoms with van der Waals surface area (Å²) in [7, 11) is 0. The number of nitrogens with zero attached hydrogens (tertiary/aromatic N) is 3. The van der Waals surface area contributed by atoms with Crippen LogP contribution in [-0.4, -0.2) is 34.8 Å². The van der Waals surface area contributed by atoms with Gasteiger partial charge >= 0.3 is 0 Å². The predicted octanol–water partition coefficient (Wildman–Crippen LogP) is 3.06. The van der Waals surface area contributed by atoms with Crippen LogP contribution >= 0.6 is 0 Å². The second-order valence-corrected chi connectivity index (χ2v) is 6.61. The maximum atomic E-state index is 12.6. The van der Waals surface area contributed by atoms with Gasteiger partial charge in [-0.1, -0.05) is 12.2 Å². The molecule has 1 N–H and O–H groups in total. The van der Waals surface area contributed by atoms with Crippen LogP contribution in [0.1, 0.15) is 17.3 Å². The van der Waals surface area contributed by atoms with Gasteiger partial charge in [0, 0.05) is 24.4 Å². The van der Waals surface area contributed by atoms with E-state index in [-0.39, 0.29) is 30.3 Å². The SMILES string of the molecule is C=C(C)CN1C(=O)COc2ccc(NC(=O)c3cc([N+](=O)[O-])cc([N+](=O)[O-])c3)cc21. The second kappa shape index (κ2) is 7.99. The number of carbonyl (C=O) groups is 2. The third-order valence-electron chi connectivity index (χ3n) is 4.17. The fourth-order valence-electron chi connectivity index (χ4n) is 2.86. The van der Waals surface area contributed by atoms with E-state index in [2.05, 4.69) is 11.9 Å². The van der Waals surface area contributed by atoms with E-state index in [9.17, 15) is 29.8 Å². The van der Waals surface area contributed by atoms with Crippen LogP contribution in [0.3, 0.4) is 0 Å². The molecule has 0 radical (unpaired) electrons. The smallest absolute Gasteiger partial charge is 0.277 e. The number of rotatable bonds is 6. The molecule has 1 heterocycles. The number of nitrogens with one attached hydrogen (secondary N) is 1. The number of fused-ring (bicyclic) bond motifs is 1. The van der Waals surface area contributed by atoms with Crippen molar-refractivity contribution in [2.24, 2.45) is 0 Å². The molecule has 0 unspecified atom stereocenters. The number of benzene rings is 2. The molecule has 11 nitrogen and oxygen atoms in total. The fraction of sp³-hybridized carbons (Fsp3) is 0.158. The topological polar surface area (TPSA) is 145 Å². The first-order valence-corrected chi connectivity index (χ1v) is 8.62. The van der Waals surface area contributed by atoms with Gasteiger partial charge in [0.15, 0.2) is 6.61 Å². The third kappa shape index (κ3) is 4.24. The van der Waals surface area contributed by atoms with Gasteiger partial charge in [-0.3, -0.25) is 29.8 Å². The maximum Gasteiger partial charge on any atom is 0.277 e. The highest BCUT2D eigenvalue weighted by molar-refractivity contribution is 6.06. The predicted molar refractivity (Wildman–Crippen MR) is 107 cm³/mol. The van der Waals surface area contributed by atoms with Crippen LogP contribution in [0, 0.1) is 20.2 Å². The van der Waals surface area contributed by atoms with Crippen molar-refractivity contribution >= 4 is 34.6 Å². The molecule has 1 aliphatic heterocycles. The highest BCUT2D eigenvalue weighted by Crippen LogP contribution is 2.35. The van der Waals surface area contributed by atoms with Crippen molar-refractivity contribution in [2.45, 2.75) is 6.92 Å². The van der Waals surface area contributed by atoms with Crippen molar-refractivity contribution in [2.75, 3.05) is 23.4 Å². The number of carbonyl (C=O) groups excluding carboxylic acids is 2. The normalized spacial score (nSPS) is 12.6. The molecule has 154 valence electrons. The van der Waals surface area contributed by atoms with Crippen LogP contribution in [0.4, 0.5) is 22.7 Å². The first-order valence-electron chi connectivity index (χ1n) is 8.62. The Morgan fingerprint density at radius 3 is 2.37 bits per heavy atom. The van der Waals surface area contributed by atoms with Crippen LogP contribution in [-0.2, 0) is 4.79 Å². The van der Waals surface area contributed by atoms with E-state index in [4.69, 9.17) is 4.74 Å². The summed E-state index contributed by atoms with van der Waals surface area (Å²) < 4.78 is 5.39. The van der Waals surface area contributed by atoms with Crippen LogP contribution < -0.4 is 15.0 Å². The van der Waals surface area contributed by atoms with E-state index >= 15 is 0 Å². The van der Waals surface area contributed by atoms with Crippen molar-refractivity contribution in [3.05, 3.63) is 74.3 Å². The Labute approximate surface area is 169 Å². The monoisotopic (exact) mass is 412 g/mol. The zero-order valence-corrected chi connectivity index (χ0v) is 15.8. The Balaban J connectivity index is 1.92. The zero-order chi connectivity index (χ0) is 22.0. The molecule has 3 rings (SSSR count). The van der Waals surface area contributed by atoms with E-state index in [1.807, 2.05) is 0 Å². The highest BCUT2D eigenvalue weighted by atomic mass is 16.6. The lowest BCUT2D eigenvalue weighted by Gasteiger charge is -2.30. The summed E-state index contributed by atoms with van der Waals surface area (Å²) in [5, 5.41) is 24.6. The zero-order valence-electron chi connectivity index (χ0n) is 15.8. The molecule has 0 spiro atoms. The van der Waals surface area contributed by atoms with Gasteiger partial charge < -0.3 is 15.0 Å². The van der Waals surface area contributed by atoms with E-state index in [1.54, 1.807) is 13.0 Å². The summed E-state index contributed by atoms with van der Waals surface area (Å²) in [4.78, 5) is 46.6. The molecule has 30 heavy (non-hydrogen) atoms. The molecule has 0 saturated heterocycles. The third-order valence-corrected chi connectivity index (χ3v) is 4.17. The summed E-state index contributed by atoms with van der Waals surface area (Å²) in [5.74, 6) is -0.612. The van der Waals surface area contributed by atoms with Crippen LogP contribution in [0.15, 0.2) is 48.6 Å². The number of hydrogen-bond acceptors (Lipinski definition) is 7. The first kappa shape index (κ1) is 20.5. The van der Waals surface area contributed by atoms with Gasteiger partial charge in [-0.25, -0.2) is 0 Å². The Morgan fingerprint density at radius 1 is 1.17 bits per heavy atom. The maximum absolute atomic E-state index is 12.6. The van der Waals surface area contributed by atoms with E-state index < -0.39 is 27.1 Å². The molecule has 0 atom stereocenters. The Morgan fingerprint density at radius 2 is 1.80 bits per heavy atom. The first-order chi connectivity index (χ1) is 14.2. The number of non-ortho nitro benzene ring substituents is 2. The van der Waals surface area contributed by atoms with Crippen molar-refractivity contribution in [3.8, 4) is 5.75 Å². The molecule has 2 aromatic rings. The largest absolute Gasteiger partial charge is 0.482 e. The van der Waals surface area contributed by atoms with Gasteiger partial charge in [0.05, 0.1) is 27.2 Å². The lowest BCUT2D eigenvalue weighted by atomic mass is 10.1. The molecule has 0 aliphatic carbocycles. The Hall–Kier alpha value is -4.28. The van der Waals surface area contributed by atoms with Gasteiger partial charge in [-0.15, -0.1) is 0 Å². The summed E-state index contributed by atoms with van der Waals surface area (Å²) >= 11 is 0. The molecule has 1 aliphatic rings. The minimum absolute atomic E-state index is 0.122. The minimum atomic E-state index is -0.818. The number of ether oxygens (including phenoxy) is 1. The van der Waals surface area contributed by atoms with Gasteiger partial charge in [0.2, 0.25) is 0 Å². The van der Waals surface area contributed by atoms with Gasteiger partial charge in [-0.2, -0.15) is 0 Å². The molecule has 2 aromatic carbocycles. The molecular formula is C19H16N4O7. The molecule has 0 fully saturated rings. The summed E-state index contributed by atoms with van der Waals surface area (Å²) in [6, 6.07) is 7.27. The van der Waals surface area contributed by atoms with Crippen molar-refractivity contribution in [3.63, 3.8) is 0 Å². The second-order valence-electron chi connectivity index (χ2n) is 6.61. The number of nitro benzene ring substituents is 2. The van der Waals surface area contributed by atoms with Crippen molar-refractivity contribution < 1.29 is 24.2 Å². The minimum Gasteiger partial charge on any atom is -0.482 e. The molecule has 0 saturated carbocycles. The fourth-order valence-corrected chi connectivity index (χ4v) is 2.86. The van der Waals surface area contributed by atoms with E-state index in [1.165, 1.54) is 17.0 Å². The lowest BCUT2D eigenvalue weighted by Crippen LogP contribution is -2.39. The molecule has 0 bridgehead atoms. The van der Waals surface area contributed by atoms with Crippen LogP contribution in [0.2, 0.25) is 0 Å². The molecular weight excluding hydrogens is 396 g/mol. The Kier molecular flexibility index (Phi) is 5.45. The standard InChI is InChI=1S/C19H16N4O7/c1-11(2)9-21-16-7-13(3-4-17(16)30-10-18(21)24)20-19(25)12-5-14(22(26)27)8-15(6-12)23(28)29/h3-8H,1,9-10H2,2H3,(H,20,25). The van der Waals surface area contributed by atoms with E-state index in [0.29, 0.717) is 11.4 Å². The van der Waals surface area contributed by atoms with Crippen molar-refractivity contribution in [1.82, 2.24) is 0 Å². The van der Waals surface area contributed by atoms with Crippen LogP contribution in [0.25, 0.3) is 0 Å². The quantitative estimate of drug-likeness (QED) is 0.436. The van der Waals surface area contributed by atoms with Crippen LogP contribution in [0.5, 0.6) is 5.75 Å². The highest BCUT2D eigenvalue weighted by Gasteiger charge is 2.26. The number of amides is 2. The molecule has 0 aromatic heterocycles. The lowest BCUT2D eigenvalue weighted by molar-refractivity contribution is -0.394. The number of anilines is 2.